The van der Waals surface area contributed by atoms with Gasteiger partial charge in [0.15, 0.2) is 0 Å². The summed E-state index contributed by atoms with van der Waals surface area (Å²) in [7, 11) is 0. The molecule has 0 saturated carbocycles. The van der Waals surface area contributed by atoms with Crippen LogP contribution < -0.4 is 5.73 Å². The number of rotatable bonds is 3. The number of nitrogens with zero attached hydrogens (tertiary/aromatic N) is 1. The highest BCUT2D eigenvalue weighted by Gasteiger charge is 2.20. The van der Waals surface area contributed by atoms with Gasteiger partial charge in [-0.05, 0) is 44.0 Å². The molecule has 0 aromatic carbocycles. The Balaban J connectivity index is 1.88. The van der Waals surface area contributed by atoms with E-state index in [-0.39, 0.29) is 0 Å². The molecule has 0 amide bonds. The molecule has 0 bridgehead atoms. The maximum absolute atomic E-state index is 5.95. The third-order valence-electron chi connectivity index (χ3n) is 3.03. The molecule has 1 fully saturated rings. The minimum atomic E-state index is 0.719. The van der Waals surface area contributed by atoms with Gasteiger partial charge >= 0.3 is 0 Å². The maximum Gasteiger partial charge on any atom is 0.0931 e. The van der Waals surface area contributed by atoms with Crippen molar-refractivity contribution in [3.05, 3.63) is 21.3 Å². The maximum atomic E-state index is 5.95. The zero-order chi connectivity index (χ0) is 10.7. The first kappa shape index (κ1) is 11.4. The van der Waals surface area contributed by atoms with Crippen molar-refractivity contribution in [3.63, 3.8) is 0 Å². The topological polar surface area (TPSA) is 29.3 Å². The lowest BCUT2D eigenvalue weighted by Gasteiger charge is -2.31. The molecule has 0 aliphatic carbocycles. The smallest absolute Gasteiger partial charge is 0.0931 e. The first-order valence-electron chi connectivity index (χ1n) is 5.47. The van der Waals surface area contributed by atoms with Gasteiger partial charge in [0.05, 0.1) is 4.34 Å². The van der Waals surface area contributed by atoms with Crippen LogP contribution in [0.15, 0.2) is 12.1 Å². The van der Waals surface area contributed by atoms with Gasteiger partial charge in [0.1, 0.15) is 0 Å². The van der Waals surface area contributed by atoms with Gasteiger partial charge in [-0.2, -0.15) is 0 Å². The summed E-state index contributed by atoms with van der Waals surface area (Å²) < 4.78 is 0.911. The molecule has 0 radical (unpaired) electrons. The molecule has 2 nitrogen and oxygen atoms in total. The first-order valence-corrected chi connectivity index (χ1v) is 6.66. The SMILES string of the molecule is NCCN1CCC(c2ccc(Cl)s2)CC1. The Morgan fingerprint density at radius 1 is 1.40 bits per heavy atom. The summed E-state index contributed by atoms with van der Waals surface area (Å²) in [6.07, 6.45) is 2.49. The zero-order valence-electron chi connectivity index (χ0n) is 8.79. The number of piperidine rings is 1. The summed E-state index contributed by atoms with van der Waals surface area (Å²) in [6, 6.07) is 4.18. The predicted octanol–water partition coefficient (Wildman–Crippen LogP) is 2.54. The van der Waals surface area contributed by atoms with Gasteiger partial charge in [-0.25, -0.2) is 0 Å². The van der Waals surface area contributed by atoms with Crippen LogP contribution in [-0.4, -0.2) is 31.1 Å². The Hall–Kier alpha value is -0.0900. The van der Waals surface area contributed by atoms with Crippen molar-refractivity contribution in [1.82, 2.24) is 4.90 Å². The van der Waals surface area contributed by atoms with Crippen molar-refractivity contribution in [1.29, 1.82) is 0 Å². The lowest BCUT2D eigenvalue weighted by Crippen LogP contribution is -2.36. The largest absolute Gasteiger partial charge is 0.329 e. The summed E-state index contributed by atoms with van der Waals surface area (Å²) in [4.78, 5) is 3.90. The van der Waals surface area contributed by atoms with Crippen molar-refractivity contribution in [2.24, 2.45) is 5.73 Å². The van der Waals surface area contributed by atoms with E-state index in [0.29, 0.717) is 0 Å². The van der Waals surface area contributed by atoms with Crippen LogP contribution >= 0.6 is 22.9 Å². The van der Waals surface area contributed by atoms with Crippen LogP contribution in [0.25, 0.3) is 0 Å². The third-order valence-corrected chi connectivity index (χ3v) is 4.42. The highest BCUT2D eigenvalue weighted by molar-refractivity contribution is 7.16. The van der Waals surface area contributed by atoms with Crippen LogP contribution in [0, 0.1) is 0 Å². The molecule has 0 unspecified atom stereocenters. The first-order chi connectivity index (χ1) is 7.29. The fraction of sp³-hybridized carbons (Fsp3) is 0.636. The van der Waals surface area contributed by atoms with Crippen LogP contribution in [0.4, 0.5) is 0 Å². The Morgan fingerprint density at radius 2 is 2.13 bits per heavy atom. The summed E-state index contributed by atoms with van der Waals surface area (Å²) in [5.41, 5.74) is 5.55. The van der Waals surface area contributed by atoms with Gasteiger partial charge in [-0.3, -0.25) is 0 Å². The third kappa shape index (κ3) is 2.94. The van der Waals surface area contributed by atoms with Gasteiger partial charge in [-0.15, -0.1) is 11.3 Å². The summed E-state index contributed by atoms with van der Waals surface area (Å²) >= 11 is 7.68. The van der Waals surface area contributed by atoms with Crippen LogP contribution in [-0.2, 0) is 0 Å². The van der Waals surface area contributed by atoms with Gasteiger partial charge in [0.25, 0.3) is 0 Å². The van der Waals surface area contributed by atoms with Gasteiger partial charge in [0.2, 0.25) is 0 Å². The Morgan fingerprint density at radius 3 is 2.67 bits per heavy atom. The van der Waals surface area contributed by atoms with E-state index in [1.165, 1.54) is 30.8 Å². The number of hydrogen-bond acceptors (Lipinski definition) is 3. The van der Waals surface area contributed by atoms with E-state index in [9.17, 15) is 0 Å². The Labute approximate surface area is 100 Å². The summed E-state index contributed by atoms with van der Waals surface area (Å²) in [5.74, 6) is 0.719. The average Bonchev–Trinajstić information content (AvgIpc) is 2.67. The van der Waals surface area contributed by atoms with Crippen molar-refractivity contribution >= 4 is 22.9 Å². The minimum absolute atomic E-state index is 0.719. The van der Waals surface area contributed by atoms with Crippen LogP contribution in [0.2, 0.25) is 4.34 Å². The van der Waals surface area contributed by atoms with Crippen molar-refractivity contribution in [2.45, 2.75) is 18.8 Å². The highest BCUT2D eigenvalue weighted by atomic mass is 35.5. The molecule has 1 aliphatic heterocycles. The summed E-state index contributed by atoms with van der Waals surface area (Å²) in [6.45, 7) is 4.17. The van der Waals surface area contributed by atoms with E-state index in [2.05, 4.69) is 11.0 Å². The van der Waals surface area contributed by atoms with E-state index in [1.54, 1.807) is 11.3 Å². The quantitative estimate of drug-likeness (QED) is 0.886. The molecule has 1 aromatic rings. The predicted molar refractivity (Wildman–Crippen MR) is 66.8 cm³/mol. The number of thiophene rings is 1. The molecule has 15 heavy (non-hydrogen) atoms. The van der Waals surface area contributed by atoms with Crippen LogP contribution in [0.3, 0.4) is 0 Å². The van der Waals surface area contributed by atoms with E-state index in [4.69, 9.17) is 17.3 Å². The normalized spacial score (nSPS) is 19.6. The van der Waals surface area contributed by atoms with Crippen LogP contribution in [0.1, 0.15) is 23.6 Å². The molecule has 2 N–H and O–H groups in total. The molecule has 0 atom stereocenters. The van der Waals surface area contributed by atoms with Gasteiger partial charge in [-0.1, -0.05) is 11.6 Å². The molecule has 4 heteroatoms. The lowest BCUT2D eigenvalue weighted by molar-refractivity contribution is 0.219. The average molecular weight is 245 g/mol. The minimum Gasteiger partial charge on any atom is -0.329 e. The lowest BCUT2D eigenvalue weighted by atomic mass is 9.95. The fourth-order valence-electron chi connectivity index (χ4n) is 2.17. The molecule has 1 aromatic heterocycles. The highest BCUT2D eigenvalue weighted by Crippen LogP contribution is 2.34. The number of likely N-dealkylation sites (tertiary alicyclic amines) is 1. The fourth-order valence-corrected chi connectivity index (χ4v) is 3.40. The zero-order valence-corrected chi connectivity index (χ0v) is 10.4. The molecule has 2 rings (SSSR count). The molecular formula is C11H17ClN2S. The van der Waals surface area contributed by atoms with E-state index in [0.717, 1.165) is 23.3 Å². The van der Waals surface area contributed by atoms with E-state index in [1.807, 2.05) is 6.07 Å². The standard InChI is InChI=1S/C11H17ClN2S/c12-11-2-1-10(15-11)9-3-6-14(7-4-9)8-5-13/h1-2,9H,3-8,13H2. The van der Waals surface area contributed by atoms with Gasteiger partial charge in [0, 0.05) is 18.0 Å². The van der Waals surface area contributed by atoms with E-state index < -0.39 is 0 Å². The molecular weight excluding hydrogens is 228 g/mol. The summed E-state index contributed by atoms with van der Waals surface area (Å²) in [5, 5.41) is 0. The van der Waals surface area contributed by atoms with Crippen molar-refractivity contribution in [3.8, 4) is 0 Å². The molecule has 0 spiro atoms. The van der Waals surface area contributed by atoms with E-state index >= 15 is 0 Å². The second-order valence-corrected chi connectivity index (χ2v) is 5.79. The molecule has 2 heterocycles. The molecule has 84 valence electrons. The molecule has 1 aliphatic rings. The van der Waals surface area contributed by atoms with Gasteiger partial charge < -0.3 is 10.6 Å². The van der Waals surface area contributed by atoms with Crippen LogP contribution in [0.5, 0.6) is 0 Å². The Kier molecular flexibility index (Phi) is 4.03. The van der Waals surface area contributed by atoms with Crippen molar-refractivity contribution < 1.29 is 0 Å². The second kappa shape index (κ2) is 5.30. The number of nitrogens with two attached hydrogens (primary N) is 1. The Bertz CT molecular complexity index is 305. The number of halogens is 1. The number of hydrogen-bond donors (Lipinski definition) is 1. The monoisotopic (exact) mass is 244 g/mol. The van der Waals surface area contributed by atoms with Crippen molar-refractivity contribution in [2.75, 3.05) is 26.2 Å². The second-order valence-electron chi connectivity index (χ2n) is 4.05. The molecule has 1 saturated heterocycles.